The van der Waals surface area contributed by atoms with Crippen LogP contribution in [0.15, 0.2) is 97.4 Å². The number of anilines is 1. The number of nitrogens with zero attached hydrogens (tertiary/aromatic N) is 6. The Hall–Kier alpha value is -4.43. The zero-order valence-electron chi connectivity index (χ0n) is 21.6. The number of hydrogen-bond acceptors (Lipinski definition) is 6. The third kappa shape index (κ3) is 5.03. The highest BCUT2D eigenvalue weighted by Crippen LogP contribution is 2.37. The van der Waals surface area contributed by atoms with Crippen LogP contribution in [0, 0.1) is 0 Å². The average molecular weight is 525 g/mol. The molecule has 0 amide bonds. The first-order valence-corrected chi connectivity index (χ1v) is 12.7. The summed E-state index contributed by atoms with van der Waals surface area (Å²) in [6.45, 7) is 14.6. The molecule has 8 nitrogen and oxygen atoms in total. The lowest BCUT2D eigenvalue weighted by Gasteiger charge is -2.34. The summed E-state index contributed by atoms with van der Waals surface area (Å²) < 4.78 is 1.63. The number of imidazole rings is 1. The van der Waals surface area contributed by atoms with Gasteiger partial charge in [-0.3, -0.25) is 0 Å². The van der Waals surface area contributed by atoms with E-state index < -0.39 is 0 Å². The van der Waals surface area contributed by atoms with Gasteiger partial charge in [-0.1, -0.05) is 43.8 Å². The Bertz CT molecular complexity index is 1540. The Kier molecular flexibility index (Phi) is 6.98. The predicted molar refractivity (Wildman–Crippen MR) is 152 cm³/mol. The van der Waals surface area contributed by atoms with Crippen LogP contribution in [0.25, 0.3) is 22.5 Å². The van der Waals surface area contributed by atoms with Crippen LogP contribution in [0.1, 0.15) is 44.6 Å². The normalized spacial score (nSPS) is 14.2. The molecule has 5 rings (SSSR count). The van der Waals surface area contributed by atoms with Crippen molar-refractivity contribution in [1.29, 1.82) is 0 Å². The van der Waals surface area contributed by atoms with Gasteiger partial charge in [0.05, 0.1) is 23.6 Å². The summed E-state index contributed by atoms with van der Waals surface area (Å²) in [5.74, 6) is 0.851. The van der Waals surface area contributed by atoms with Crippen molar-refractivity contribution < 1.29 is 0 Å². The van der Waals surface area contributed by atoms with E-state index >= 15 is 0 Å². The van der Waals surface area contributed by atoms with Crippen molar-refractivity contribution in [2.45, 2.75) is 33.2 Å². The molecule has 2 aromatic carbocycles. The highest BCUT2D eigenvalue weighted by molar-refractivity contribution is 6.30. The molecule has 0 spiro atoms. The summed E-state index contributed by atoms with van der Waals surface area (Å²) in [7, 11) is 0. The van der Waals surface area contributed by atoms with Crippen LogP contribution in [0.2, 0.25) is 5.02 Å². The first kappa shape index (κ1) is 25.2. The van der Waals surface area contributed by atoms with Gasteiger partial charge in [0, 0.05) is 33.4 Å². The van der Waals surface area contributed by atoms with Gasteiger partial charge in [-0.05, 0) is 84.3 Å². The van der Waals surface area contributed by atoms with Crippen LogP contribution in [0.4, 0.5) is 5.69 Å². The van der Waals surface area contributed by atoms with Crippen molar-refractivity contribution in [3.05, 3.63) is 114 Å². The monoisotopic (exact) mass is 524 g/mol. The number of allylic oxidation sites excluding steroid dienone is 5. The van der Waals surface area contributed by atoms with E-state index in [4.69, 9.17) is 16.6 Å². The van der Waals surface area contributed by atoms with Gasteiger partial charge in [-0.15, -0.1) is 5.10 Å². The number of hydrogen-bond donors (Lipinski definition) is 2. The summed E-state index contributed by atoms with van der Waals surface area (Å²) in [5, 5.41) is 15.5. The number of H-pyrrole nitrogens is 1. The molecular weight excluding hydrogens is 496 g/mol. The summed E-state index contributed by atoms with van der Waals surface area (Å²) >= 11 is 6.36. The first-order chi connectivity index (χ1) is 18.3. The number of aromatic amines is 1. The van der Waals surface area contributed by atoms with E-state index in [-0.39, 0.29) is 6.04 Å². The van der Waals surface area contributed by atoms with Crippen LogP contribution in [-0.4, -0.2) is 35.1 Å². The van der Waals surface area contributed by atoms with Crippen LogP contribution < -0.4 is 5.32 Å². The molecule has 1 aliphatic heterocycles. The molecule has 0 saturated heterocycles. The van der Waals surface area contributed by atoms with Crippen molar-refractivity contribution in [3.8, 4) is 16.9 Å². The maximum atomic E-state index is 6.36. The summed E-state index contributed by atoms with van der Waals surface area (Å²) in [6.07, 6.45) is 8.48. The smallest absolute Gasteiger partial charge is 0.143 e. The van der Waals surface area contributed by atoms with Gasteiger partial charge in [0.15, 0.2) is 0 Å². The number of nitrogens with one attached hydrogen (secondary N) is 2. The summed E-state index contributed by atoms with van der Waals surface area (Å²) in [5.41, 5.74) is 8.63. The van der Waals surface area contributed by atoms with Crippen LogP contribution in [-0.2, 0) is 0 Å². The molecule has 2 N–H and O–H groups in total. The highest BCUT2D eigenvalue weighted by Gasteiger charge is 2.25. The van der Waals surface area contributed by atoms with Gasteiger partial charge in [-0.25, -0.2) is 4.98 Å². The quantitative estimate of drug-likeness (QED) is 0.260. The van der Waals surface area contributed by atoms with E-state index in [0.717, 1.165) is 63.1 Å². The minimum Gasteiger partial charge on any atom is -0.359 e. The Balaban J connectivity index is 1.37. The lowest BCUT2D eigenvalue weighted by molar-refractivity contribution is 0.338. The topological polar surface area (TPSA) is 87.6 Å². The fourth-order valence-corrected chi connectivity index (χ4v) is 4.75. The third-order valence-corrected chi connectivity index (χ3v) is 6.80. The molecule has 1 unspecified atom stereocenters. The number of tetrazole rings is 1. The van der Waals surface area contributed by atoms with Crippen molar-refractivity contribution in [1.82, 2.24) is 35.1 Å². The average Bonchev–Trinajstić information content (AvgIpc) is 3.61. The fourth-order valence-electron chi connectivity index (χ4n) is 4.58. The van der Waals surface area contributed by atoms with E-state index in [1.807, 2.05) is 42.6 Å². The van der Waals surface area contributed by atoms with Crippen LogP contribution >= 0.6 is 11.6 Å². The van der Waals surface area contributed by atoms with Crippen molar-refractivity contribution >= 4 is 22.9 Å². The second-order valence-electron chi connectivity index (χ2n) is 9.18. The lowest BCUT2D eigenvalue weighted by Crippen LogP contribution is -2.26. The molecule has 0 aliphatic carbocycles. The molecule has 192 valence electrons. The maximum absolute atomic E-state index is 6.36. The third-order valence-electron chi connectivity index (χ3n) is 6.56. The largest absolute Gasteiger partial charge is 0.359 e. The van der Waals surface area contributed by atoms with E-state index in [1.165, 1.54) is 0 Å². The lowest BCUT2D eigenvalue weighted by atomic mass is 9.97. The minimum absolute atomic E-state index is 0.0579. The molecule has 0 bridgehead atoms. The van der Waals surface area contributed by atoms with E-state index in [9.17, 15) is 0 Å². The summed E-state index contributed by atoms with van der Waals surface area (Å²) in [6, 6.07) is 13.8. The first-order valence-electron chi connectivity index (χ1n) is 12.4. The zero-order valence-corrected chi connectivity index (χ0v) is 22.4. The van der Waals surface area contributed by atoms with Gasteiger partial charge in [-0.2, -0.15) is 4.68 Å². The van der Waals surface area contributed by atoms with E-state index in [1.54, 1.807) is 11.0 Å². The number of aromatic nitrogens is 6. The molecule has 3 heterocycles. The Morgan fingerprint density at radius 1 is 1.16 bits per heavy atom. The Labute approximate surface area is 227 Å². The Morgan fingerprint density at radius 3 is 2.63 bits per heavy atom. The van der Waals surface area contributed by atoms with Gasteiger partial charge in [0.25, 0.3) is 0 Å². The van der Waals surface area contributed by atoms with Crippen LogP contribution in [0.3, 0.4) is 0 Å². The molecule has 1 aliphatic rings. The molecule has 0 radical (unpaired) electrons. The van der Waals surface area contributed by atoms with Gasteiger partial charge < -0.3 is 15.2 Å². The second-order valence-corrected chi connectivity index (χ2v) is 9.62. The molecule has 4 aromatic rings. The van der Waals surface area contributed by atoms with Crippen molar-refractivity contribution in [3.63, 3.8) is 0 Å². The number of rotatable bonds is 8. The molecule has 1 atom stereocenters. The number of benzene rings is 2. The molecule has 0 fully saturated rings. The molecule has 2 aromatic heterocycles. The molecule has 0 saturated carbocycles. The predicted octanol–water partition coefficient (Wildman–Crippen LogP) is 6.92. The van der Waals surface area contributed by atoms with Gasteiger partial charge in [0.2, 0.25) is 0 Å². The number of halogens is 1. The second kappa shape index (κ2) is 10.5. The molecule has 38 heavy (non-hydrogen) atoms. The molecule has 9 heteroatoms. The van der Waals surface area contributed by atoms with Crippen molar-refractivity contribution in [2.24, 2.45) is 0 Å². The fraction of sp³-hybridized carbons (Fsp3) is 0.172. The standard InChI is InChI=1S/C29H29ClN8/c1-6-18(2)33-25-10-7-22(8-11-25)27-16-31-29(34-27)21(5)38-19(3)13-23(14-20(38)4)26-15-24(30)9-12-28(26)37-17-32-35-36-37/h7-17,21,33H,2-3,6H2,1,4-5H3,(H,31,34). The van der Waals surface area contributed by atoms with Crippen molar-refractivity contribution in [2.75, 3.05) is 5.32 Å². The minimum atomic E-state index is -0.0579. The maximum Gasteiger partial charge on any atom is 0.143 e. The van der Waals surface area contributed by atoms with Gasteiger partial charge >= 0.3 is 0 Å². The van der Waals surface area contributed by atoms with Gasteiger partial charge in [0.1, 0.15) is 12.2 Å². The highest BCUT2D eigenvalue weighted by atomic mass is 35.5. The zero-order chi connectivity index (χ0) is 26.8. The SMILES string of the molecule is C=C(CC)Nc1ccc(-c2cnc(C(C)N3C(=C)C=C(c4cc(Cl)ccc4-n4cnnn4)C=C3C)[nH]2)cc1. The van der Waals surface area contributed by atoms with E-state index in [2.05, 4.69) is 82.9 Å². The van der Waals surface area contributed by atoms with E-state index in [0.29, 0.717) is 5.02 Å². The summed E-state index contributed by atoms with van der Waals surface area (Å²) in [4.78, 5) is 10.4. The molecular formula is C29H29ClN8. The Morgan fingerprint density at radius 2 is 1.95 bits per heavy atom. The van der Waals surface area contributed by atoms with Crippen LogP contribution in [0.5, 0.6) is 0 Å².